The molecular formula is C20H36O. The highest BCUT2D eigenvalue weighted by Crippen LogP contribution is 2.30. The topological polar surface area (TPSA) is 12.5 Å². The van der Waals surface area contributed by atoms with Crippen molar-refractivity contribution < 1.29 is 4.74 Å². The summed E-state index contributed by atoms with van der Waals surface area (Å²) in [4.78, 5) is 0. The lowest BCUT2D eigenvalue weighted by Gasteiger charge is -2.00. The van der Waals surface area contributed by atoms with Crippen LogP contribution < -0.4 is 0 Å². The molecule has 0 saturated carbocycles. The first-order chi connectivity index (χ1) is 10.4. The van der Waals surface area contributed by atoms with Crippen LogP contribution in [0, 0.1) is 0 Å². The van der Waals surface area contributed by atoms with E-state index in [0.29, 0.717) is 12.2 Å². The average molecular weight is 293 g/mol. The molecule has 1 aliphatic rings. The summed E-state index contributed by atoms with van der Waals surface area (Å²) in [6.07, 6.45) is 26.0. The van der Waals surface area contributed by atoms with Crippen LogP contribution in [0.25, 0.3) is 0 Å². The third-order valence-electron chi connectivity index (χ3n) is 4.24. The number of rotatable bonds is 14. The number of unbranched alkanes of at least 4 members (excludes halogenated alkanes) is 7. The predicted octanol–water partition coefficient (Wildman–Crippen LogP) is 6.59. The van der Waals surface area contributed by atoms with E-state index in [2.05, 4.69) is 38.2 Å². The maximum Gasteiger partial charge on any atom is 0.0876 e. The lowest BCUT2D eigenvalue weighted by atomic mass is 10.1. The van der Waals surface area contributed by atoms with E-state index < -0.39 is 0 Å². The van der Waals surface area contributed by atoms with Gasteiger partial charge >= 0.3 is 0 Å². The summed E-state index contributed by atoms with van der Waals surface area (Å²) in [5.74, 6) is 0. The van der Waals surface area contributed by atoms with Crippen molar-refractivity contribution in [2.24, 2.45) is 0 Å². The first kappa shape index (κ1) is 18.5. The van der Waals surface area contributed by atoms with Gasteiger partial charge in [-0.25, -0.2) is 0 Å². The van der Waals surface area contributed by atoms with E-state index >= 15 is 0 Å². The van der Waals surface area contributed by atoms with Crippen LogP contribution in [0.2, 0.25) is 0 Å². The summed E-state index contributed by atoms with van der Waals surface area (Å²) < 4.78 is 5.74. The van der Waals surface area contributed by atoms with Gasteiger partial charge in [0.05, 0.1) is 12.2 Å². The SMILES string of the molecule is CC/C=C/C/C=C/CC1OC1CCCCCCCCCC. The molecule has 1 heteroatoms. The fourth-order valence-electron chi connectivity index (χ4n) is 2.79. The van der Waals surface area contributed by atoms with Crippen molar-refractivity contribution in [2.75, 3.05) is 0 Å². The Balaban J connectivity index is 1.83. The van der Waals surface area contributed by atoms with Gasteiger partial charge < -0.3 is 4.74 Å². The summed E-state index contributed by atoms with van der Waals surface area (Å²) in [7, 11) is 0. The van der Waals surface area contributed by atoms with Crippen LogP contribution in [0.15, 0.2) is 24.3 Å². The van der Waals surface area contributed by atoms with Gasteiger partial charge in [-0.15, -0.1) is 0 Å². The second-order valence-electron chi connectivity index (χ2n) is 6.30. The van der Waals surface area contributed by atoms with Crippen LogP contribution in [0.5, 0.6) is 0 Å². The molecule has 1 rings (SSSR count). The molecule has 0 aliphatic carbocycles. The summed E-state index contributed by atoms with van der Waals surface area (Å²) in [5.41, 5.74) is 0. The highest BCUT2D eigenvalue weighted by atomic mass is 16.6. The number of hydrogen-bond donors (Lipinski definition) is 0. The van der Waals surface area contributed by atoms with E-state index in [1.807, 2.05) is 0 Å². The molecule has 0 N–H and O–H groups in total. The third-order valence-corrected chi connectivity index (χ3v) is 4.24. The van der Waals surface area contributed by atoms with E-state index in [-0.39, 0.29) is 0 Å². The second kappa shape index (κ2) is 13.1. The van der Waals surface area contributed by atoms with Crippen molar-refractivity contribution in [3.05, 3.63) is 24.3 Å². The number of hydrogen-bond acceptors (Lipinski definition) is 1. The first-order valence-corrected chi connectivity index (χ1v) is 9.34. The Kier molecular flexibility index (Phi) is 11.6. The molecule has 0 bridgehead atoms. The van der Waals surface area contributed by atoms with Crippen molar-refractivity contribution >= 4 is 0 Å². The standard InChI is InChI=1S/C20H36O/c1-3-5-7-9-11-12-14-16-18-20-19(21-20)17-15-13-10-8-6-4-2/h6,8,13,15,19-20H,3-5,7,9-12,14,16-18H2,1-2H3/b8-6+,15-13+. The van der Waals surface area contributed by atoms with Gasteiger partial charge in [0.15, 0.2) is 0 Å². The molecule has 1 heterocycles. The molecule has 1 fully saturated rings. The molecule has 0 amide bonds. The third kappa shape index (κ3) is 10.8. The van der Waals surface area contributed by atoms with Gasteiger partial charge in [-0.05, 0) is 25.7 Å². The molecule has 0 aromatic heterocycles. The average Bonchev–Trinajstić information content (AvgIpc) is 3.24. The van der Waals surface area contributed by atoms with E-state index in [0.717, 1.165) is 19.3 Å². The highest BCUT2D eigenvalue weighted by molar-refractivity contribution is 4.97. The van der Waals surface area contributed by atoms with Crippen molar-refractivity contribution in [1.82, 2.24) is 0 Å². The quantitative estimate of drug-likeness (QED) is 0.200. The Morgan fingerprint density at radius 2 is 1.38 bits per heavy atom. The first-order valence-electron chi connectivity index (χ1n) is 9.34. The van der Waals surface area contributed by atoms with Crippen molar-refractivity contribution in [1.29, 1.82) is 0 Å². The maximum atomic E-state index is 5.74. The van der Waals surface area contributed by atoms with Crippen LogP contribution in [0.1, 0.15) is 90.9 Å². The minimum atomic E-state index is 0.529. The monoisotopic (exact) mass is 292 g/mol. The Bertz CT molecular complexity index is 280. The van der Waals surface area contributed by atoms with Gasteiger partial charge in [0, 0.05) is 0 Å². The Hall–Kier alpha value is -0.560. The number of ether oxygens (including phenoxy) is 1. The molecule has 2 atom stereocenters. The van der Waals surface area contributed by atoms with E-state index in [9.17, 15) is 0 Å². The van der Waals surface area contributed by atoms with E-state index in [1.165, 1.54) is 57.8 Å². The second-order valence-corrected chi connectivity index (χ2v) is 6.30. The highest BCUT2D eigenvalue weighted by Gasteiger charge is 2.36. The molecule has 0 radical (unpaired) electrons. The van der Waals surface area contributed by atoms with Gasteiger partial charge in [0.2, 0.25) is 0 Å². The largest absolute Gasteiger partial charge is 0.369 e. The van der Waals surface area contributed by atoms with Gasteiger partial charge in [-0.1, -0.05) is 89.5 Å². The summed E-state index contributed by atoms with van der Waals surface area (Å²) in [6, 6.07) is 0. The zero-order valence-corrected chi connectivity index (χ0v) is 14.4. The Morgan fingerprint density at radius 3 is 2.10 bits per heavy atom. The Morgan fingerprint density at radius 1 is 0.714 bits per heavy atom. The number of allylic oxidation sites excluding steroid dienone is 3. The molecular weight excluding hydrogens is 256 g/mol. The molecule has 21 heavy (non-hydrogen) atoms. The van der Waals surface area contributed by atoms with Crippen LogP contribution in [0.4, 0.5) is 0 Å². The fraction of sp³-hybridized carbons (Fsp3) is 0.800. The number of epoxide rings is 1. The maximum absolute atomic E-state index is 5.74. The predicted molar refractivity (Wildman–Crippen MR) is 93.7 cm³/mol. The lowest BCUT2D eigenvalue weighted by Crippen LogP contribution is -1.93. The zero-order valence-electron chi connectivity index (χ0n) is 14.4. The van der Waals surface area contributed by atoms with Crippen molar-refractivity contribution in [3.8, 4) is 0 Å². The summed E-state index contributed by atoms with van der Waals surface area (Å²) in [5, 5.41) is 0. The van der Waals surface area contributed by atoms with Crippen LogP contribution >= 0.6 is 0 Å². The van der Waals surface area contributed by atoms with Crippen LogP contribution in [0.3, 0.4) is 0 Å². The molecule has 122 valence electrons. The molecule has 1 saturated heterocycles. The van der Waals surface area contributed by atoms with Gasteiger partial charge in [-0.3, -0.25) is 0 Å². The molecule has 0 spiro atoms. The molecule has 0 aromatic carbocycles. The van der Waals surface area contributed by atoms with E-state index in [4.69, 9.17) is 4.74 Å². The molecule has 1 aliphatic heterocycles. The van der Waals surface area contributed by atoms with Gasteiger partial charge in [-0.2, -0.15) is 0 Å². The van der Waals surface area contributed by atoms with Crippen molar-refractivity contribution in [2.45, 2.75) is 103 Å². The van der Waals surface area contributed by atoms with Crippen molar-refractivity contribution in [3.63, 3.8) is 0 Å². The van der Waals surface area contributed by atoms with Gasteiger partial charge in [0.1, 0.15) is 0 Å². The zero-order chi connectivity index (χ0) is 15.2. The van der Waals surface area contributed by atoms with E-state index in [1.54, 1.807) is 0 Å². The molecule has 1 nitrogen and oxygen atoms in total. The smallest absolute Gasteiger partial charge is 0.0876 e. The Labute approximate surface area is 132 Å². The minimum absolute atomic E-state index is 0.529. The minimum Gasteiger partial charge on any atom is -0.369 e. The van der Waals surface area contributed by atoms with Crippen LogP contribution in [-0.4, -0.2) is 12.2 Å². The summed E-state index contributed by atoms with van der Waals surface area (Å²) in [6.45, 7) is 4.46. The normalized spacial score (nSPS) is 21.6. The van der Waals surface area contributed by atoms with Crippen LogP contribution in [-0.2, 0) is 4.74 Å². The fourth-order valence-corrected chi connectivity index (χ4v) is 2.79. The summed E-state index contributed by atoms with van der Waals surface area (Å²) >= 11 is 0. The molecule has 2 unspecified atom stereocenters. The van der Waals surface area contributed by atoms with Gasteiger partial charge in [0.25, 0.3) is 0 Å². The molecule has 0 aromatic rings. The lowest BCUT2D eigenvalue weighted by molar-refractivity contribution is 0.358.